The summed E-state index contributed by atoms with van der Waals surface area (Å²) in [7, 11) is -3.78. The number of hydrogen-bond donors (Lipinski definition) is 2. The predicted molar refractivity (Wildman–Crippen MR) is 66.7 cm³/mol. The monoisotopic (exact) mass is 305 g/mol. The van der Waals surface area contributed by atoms with E-state index in [-0.39, 0.29) is 14.1 Å². The summed E-state index contributed by atoms with van der Waals surface area (Å²) >= 11 is 1.61. The number of nitrogens with zero attached hydrogens (tertiary/aromatic N) is 2. The molecule has 2 aromatic heterocycles. The van der Waals surface area contributed by atoms with Crippen LogP contribution in [0.1, 0.15) is 15.2 Å². The molecule has 0 saturated carbocycles. The fourth-order valence-corrected chi connectivity index (χ4v) is 4.26. The minimum atomic E-state index is -3.78. The second-order valence-electron chi connectivity index (χ2n) is 3.27. The van der Waals surface area contributed by atoms with Crippen LogP contribution >= 0.6 is 22.9 Å². The third-order valence-electron chi connectivity index (χ3n) is 1.95. The van der Waals surface area contributed by atoms with Gasteiger partial charge in [0, 0.05) is 11.5 Å². The number of anilines is 1. The van der Waals surface area contributed by atoms with E-state index in [1.54, 1.807) is 6.92 Å². The van der Waals surface area contributed by atoms with Gasteiger partial charge >= 0.3 is 5.97 Å². The Balaban J connectivity index is 2.36. The predicted octanol–water partition coefficient (Wildman–Crippen LogP) is 1.41. The number of nitrogens with one attached hydrogen (secondary N) is 1. The highest BCUT2D eigenvalue weighted by Gasteiger charge is 2.22. The molecule has 7 nitrogen and oxygen atoms in total. The molecule has 0 aliphatic carbocycles. The van der Waals surface area contributed by atoms with Crippen molar-refractivity contribution in [3.8, 4) is 0 Å². The van der Waals surface area contributed by atoms with Crippen LogP contribution in [0, 0.1) is 6.92 Å². The molecule has 2 aromatic rings. The standard InChI is InChI=1S/C8H7N3O4S3/c1-4-2-6(16-7(4)8(12)13)18(14,15)10-5-3-9-11-17-5/h2-3,10H,1H3,(H,12,13). The van der Waals surface area contributed by atoms with E-state index in [2.05, 4.69) is 14.3 Å². The van der Waals surface area contributed by atoms with Crippen LogP contribution in [0.3, 0.4) is 0 Å². The number of aryl methyl sites for hydroxylation is 1. The molecule has 0 radical (unpaired) electrons. The second-order valence-corrected chi connectivity index (χ2v) is 7.02. The average molecular weight is 305 g/mol. The largest absolute Gasteiger partial charge is 0.477 e. The van der Waals surface area contributed by atoms with Crippen molar-refractivity contribution in [3.05, 3.63) is 22.7 Å². The molecule has 0 aromatic carbocycles. The van der Waals surface area contributed by atoms with Crippen LogP contribution in [0.2, 0.25) is 0 Å². The third-order valence-corrected chi connectivity index (χ3v) is 5.72. The van der Waals surface area contributed by atoms with Crippen LogP contribution in [0.15, 0.2) is 16.5 Å². The smallest absolute Gasteiger partial charge is 0.346 e. The zero-order chi connectivity index (χ0) is 13.3. The summed E-state index contributed by atoms with van der Waals surface area (Å²) in [5, 5.41) is 12.7. The quantitative estimate of drug-likeness (QED) is 0.883. The Hall–Kier alpha value is -1.52. The van der Waals surface area contributed by atoms with Crippen molar-refractivity contribution in [2.75, 3.05) is 4.72 Å². The van der Waals surface area contributed by atoms with Gasteiger partial charge in [-0.3, -0.25) is 4.72 Å². The lowest BCUT2D eigenvalue weighted by atomic mass is 10.3. The maximum absolute atomic E-state index is 11.9. The summed E-state index contributed by atoms with van der Waals surface area (Å²) in [6.07, 6.45) is 1.28. The molecule has 10 heteroatoms. The Morgan fingerprint density at radius 3 is 2.72 bits per heavy atom. The van der Waals surface area contributed by atoms with Gasteiger partial charge in [-0.15, -0.1) is 16.4 Å². The van der Waals surface area contributed by atoms with Gasteiger partial charge in [-0.2, -0.15) is 0 Å². The lowest BCUT2D eigenvalue weighted by Crippen LogP contribution is -2.10. The Morgan fingerprint density at radius 1 is 1.50 bits per heavy atom. The topological polar surface area (TPSA) is 109 Å². The van der Waals surface area contributed by atoms with Gasteiger partial charge < -0.3 is 5.11 Å². The molecule has 18 heavy (non-hydrogen) atoms. The van der Waals surface area contributed by atoms with Gasteiger partial charge in [-0.25, -0.2) is 13.2 Å². The third kappa shape index (κ3) is 2.49. The van der Waals surface area contributed by atoms with E-state index >= 15 is 0 Å². The van der Waals surface area contributed by atoms with Crippen molar-refractivity contribution < 1.29 is 18.3 Å². The molecule has 2 N–H and O–H groups in total. The van der Waals surface area contributed by atoms with Crippen LogP contribution < -0.4 is 4.72 Å². The van der Waals surface area contributed by atoms with E-state index in [1.807, 2.05) is 0 Å². The zero-order valence-corrected chi connectivity index (χ0v) is 11.4. The van der Waals surface area contributed by atoms with Gasteiger partial charge in [0.2, 0.25) is 0 Å². The van der Waals surface area contributed by atoms with Crippen LogP contribution in [-0.2, 0) is 10.0 Å². The van der Waals surface area contributed by atoms with Crippen LogP contribution in [0.4, 0.5) is 5.00 Å². The molecule has 0 atom stereocenters. The number of carboxylic acid groups (broad SMARTS) is 1. The molecule has 0 saturated heterocycles. The highest BCUT2D eigenvalue weighted by molar-refractivity contribution is 7.94. The first kappa shape index (κ1) is 12.9. The molecular weight excluding hydrogens is 298 g/mol. The van der Waals surface area contributed by atoms with Crippen LogP contribution in [-0.4, -0.2) is 29.1 Å². The van der Waals surface area contributed by atoms with E-state index in [0.717, 1.165) is 11.5 Å². The number of rotatable bonds is 4. The number of thiophene rings is 1. The van der Waals surface area contributed by atoms with Gasteiger partial charge in [-0.05, 0) is 18.6 Å². The lowest BCUT2D eigenvalue weighted by Gasteiger charge is -2.00. The number of sulfonamides is 1. The molecule has 0 spiro atoms. The van der Waals surface area contributed by atoms with Gasteiger partial charge in [-0.1, -0.05) is 4.49 Å². The summed E-state index contributed by atoms with van der Waals surface area (Å²) < 4.78 is 29.6. The average Bonchev–Trinajstić information content (AvgIpc) is 2.86. The van der Waals surface area contributed by atoms with Crippen molar-refractivity contribution in [3.63, 3.8) is 0 Å². The summed E-state index contributed by atoms with van der Waals surface area (Å²) in [6.45, 7) is 1.55. The van der Waals surface area contributed by atoms with Crippen molar-refractivity contribution >= 4 is 43.9 Å². The SMILES string of the molecule is Cc1cc(S(=O)(=O)Nc2cnns2)sc1C(=O)O. The number of aromatic nitrogens is 2. The normalized spacial score (nSPS) is 11.4. The van der Waals surface area contributed by atoms with E-state index in [4.69, 9.17) is 5.11 Å². The molecule has 2 heterocycles. The van der Waals surface area contributed by atoms with Gasteiger partial charge in [0.1, 0.15) is 14.1 Å². The fourth-order valence-electron chi connectivity index (χ4n) is 1.19. The van der Waals surface area contributed by atoms with E-state index in [0.29, 0.717) is 16.9 Å². The Labute approximate surface area is 110 Å². The number of carbonyl (C=O) groups is 1. The molecule has 0 bridgehead atoms. The summed E-state index contributed by atoms with van der Waals surface area (Å²) in [5.74, 6) is -1.14. The minimum Gasteiger partial charge on any atom is -0.477 e. The lowest BCUT2D eigenvalue weighted by molar-refractivity contribution is 0.0701. The molecule has 0 unspecified atom stereocenters. The number of carboxylic acids is 1. The fraction of sp³-hybridized carbons (Fsp3) is 0.125. The molecule has 96 valence electrons. The first-order chi connectivity index (χ1) is 8.40. The van der Waals surface area contributed by atoms with Crippen molar-refractivity contribution in [1.82, 2.24) is 9.59 Å². The van der Waals surface area contributed by atoms with Crippen molar-refractivity contribution in [2.24, 2.45) is 0 Å². The van der Waals surface area contributed by atoms with E-state index in [1.165, 1.54) is 12.3 Å². The Kier molecular flexibility index (Phi) is 3.32. The highest BCUT2D eigenvalue weighted by Crippen LogP contribution is 2.28. The summed E-state index contributed by atoms with van der Waals surface area (Å²) in [5.41, 5.74) is 0.412. The van der Waals surface area contributed by atoms with Crippen molar-refractivity contribution in [2.45, 2.75) is 11.1 Å². The molecule has 2 rings (SSSR count). The summed E-state index contributed by atoms with van der Waals surface area (Å²) in [6, 6.07) is 1.32. The minimum absolute atomic E-state index is 0.0119. The summed E-state index contributed by atoms with van der Waals surface area (Å²) in [4.78, 5) is 10.9. The highest BCUT2D eigenvalue weighted by atomic mass is 32.2. The second kappa shape index (κ2) is 4.63. The molecular formula is C8H7N3O4S3. The molecule has 0 aliphatic heterocycles. The zero-order valence-electron chi connectivity index (χ0n) is 8.95. The number of aromatic carboxylic acids is 1. The Morgan fingerprint density at radius 2 is 2.22 bits per heavy atom. The van der Waals surface area contributed by atoms with Gasteiger partial charge in [0.15, 0.2) is 0 Å². The van der Waals surface area contributed by atoms with Gasteiger partial charge in [0.25, 0.3) is 10.0 Å². The molecule has 0 aliphatic rings. The maximum Gasteiger partial charge on any atom is 0.346 e. The molecule has 0 fully saturated rings. The van der Waals surface area contributed by atoms with E-state index in [9.17, 15) is 13.2 Å². The van der Waals surface area contributed by atoms with Crippen LogP contribution in [0.5, 0.6) is 0 Å². The molecule has 0 amide bonds. The van der Waals surface area contributed by atoms with Crippen LogP contribution in [0.25, 0.3) is 0 Å². The van der Waals surface area contributed by atoms with Crippen molar-refractivity contribution in [1.29, 1.82) is 0 Å². The Bertz CT molecular complexity index is 675. The first-order valence-corrected chi connectivity index (χ1v) is 7.61. The van der Waals surface area contributed by atoms with E-state index < -0.39 is 16.0 Å². The first-order valence-electron chi connectivity index (χ1n) is 4.54. The van der Waals surface area contributed by atoms with Gasteiger partial charge in [0.05, 0.1) is 6.20 Å². The maximum atomic E-state index is 11.9. The number of hydrogen-bond acceptors (Lipinski definition) is 7.